The Morgan fingerprint density at radius 1 is 1.17 bits per heavy atom. The molecule has 0 atom stereocenters. The minimum atomic E-state index is -4.04. The maximum absolute atomic E-state index is 14.3. The number of aromatic nitrogens is 1. The van der Waals surface area contributed by atoms with Gasteiger partial charge < -0.3 is 9.73 Å². The van der Waals surface area contributed by atoms with Crippen LogP contribution in [0.2, 0.25) is 0 Å². The summed E-state index contributed by atoms with van der Waals surface area (Å²) in [5.74, 6) is -0.392. The van der Waals surface area contributed by atoms with Crippen molar-refractivity contribution in [1.29, 1.82) is 0 Å². The molecule has 0 saturated heterocycles. The van der Waals surface area contributed by atoms with Gasteiger partial charge in [0, 0.05) is 29.9 Å². The standard InChI is InChI=1S/C21H22FN3O4S/c1-4-25(5-2)30(27,28)19-12-15(9-10-18(19)22)20(26)24-17-8-6-7-16(11-17)21-23-13-14(3)29-21/h6-13H,4-5H2,1-3H3,(H,24,26). The molecule has 1 aromatic heterocycles. The Kier molecular flexibility index (Phi) is 6.33. The number of carbonyl (C=O) groups is 1. The zero-order valence-corrected chi connectivity index (χ0v) is 17.7. The number of benzene rings is 2. The molecule has 0 saturated carbocycles. The maximum Gasteiger partial charge on any atom is 0.255 e. The molecule has 0 radical (unpaired) electrons. The molecule has 1 N–H and O–H groups in total. The summed E-state index contributed by atoms with van der Waals surface area (Å²) in [7, 11) is -4.04. The van der Waals surface area contributed by atoms with Crippen molar-refractivity contribution in [2.45, 2.75) is 25.7 Å². The van der Waals surface area contributed by atoms with Gasteiger partial charge in [-0.25, -0.2) is 17.8 Å². The summed E-state index contributed by atoms with van der Waals surface area (Å²) in [6.45, 7) is 5.50. The van der Waals surface area contributed by atoms with Crippen LogP contribution in [0.15, 0.2) is 58.0 Å². The minimum Gasteiger partial charge on any atom is -0.441 e. The van der Waals surface area contributed by atoms with Gasteiger partial charge in [-0.2, -0.15) is 4.31 Å². The molecule has 0 spiro atoms. The van der Waals surface area contributed by atoms with E-state index in [2.05, 4.69) is 10.3 Å². The quantitative estimate of drug-likeness (QED) is 0.609. The van der Waals surface area contributed by atoms with Crippen molar-refractivity contribution in [3.05, 3.63) is 65.8 Å². The van der Waals surface area contributed by atoms with Gasteiger partial charge in [0.15, 0.2) is 0 Å². The molecule has 0 bridgehead atoms. The van der Waals surface area contributed by atoms with Crippen LogP contribution in [-0.2, 0) is 10.0 Å². The second kappa shape index (κ2) is 8.76. The lowest BCUT2D eigenvalue weighted by Gasteiger charge is -2.19. The summed E-state index contributed by atoms with van der Waals surface area (Å²) >= 11 is 0. The number of carbonyl (C=O) groups excluding carboxylic acids is 1. The van der Waals surface area contributed by atoms with E-state index in [4.69, 9.17) is 4.42 Å². The van der Waals surface area contributed by atoms with Crippen LogP contribution in [-0.4, -0.2) is 36.7 Å². The van der Waals surface area contributed by atoms with E-state index in [1.54, 1.807) is 51.2 Å². The lowest BCUT2D eigenvalue weighted by atomic mass is 10.1. The summed E-state index contributed by atoms with van der Waals surface area (Å²) in [6.07, 6.45) is 1.59. The van der Waals surface area contributed by atoms with E-state index in [-0.39, 0.29) is 18.7 Å². The van der Waals surface area contributed by atoms with Crippen LogP contribution in [0.4, 0.5) is 10.1 Å². The lowest BCUT2D eigenvalue weighted by Crippen LogP contribution is -2.31. The van der Waals surface area contributed by atoms with Crippen molar-refractivity contribution in [2.75, 3.05) is 18.4 Å². The van der Waals surface area contributed by atoms with E-state index in [9.17, 15) is 17.6 Å². The molecule has 0 fully saturated rings. The first-order valence-corrected chi connectivity index (χ1v) is 10.8. The Morgan fingerprint density at radius 2 is 1.90 bits per heavy atom. The number of oxazole rings is 1. The fourth-order valence-electron chi connectivity index (χ4n) is 2.97. The molecule has 7 nitrogen and oxygen atoms in total. The van der Waals surface area contributed by atoms with Crippen LogP contribution < -0.4 is 5.32 Å². The van der Waals surface area contributed by atoms with Crippen LogP contribution in [0.1, 0.15) is 30.0 Å². The molecular formula is C21H22FN3O4S. The number of hydrogen-bond acceptors (Lipinski definition) is 5. The number of sulfonamides is 1. The van der Waals surface area contributed by atoms with Crippen molar-refractivity contribution in [1.82, 2.24) is 9.29 Å². The van der Waals surface area contributed by atoms with Gasteiger partial charge >= 0.3 is 0 Å². The molecule has 30 heavy (non-hydrogen) atoms. The number of aryl methyl sites for hydroxylation is 1. The highest BCUT2D eigenvalue weighted by Crippen LogP contribution is 2.24. The predicted molar refractivity (Wildman–Crippen MR) is 111 cm³/mol. The summed E-state index contributed by atoms with van der Waals surface area (Å²) in [5.41, 5.74) is 1.16. The Labute approximate surface area is 174 Å². The van der Waals surface area contributed by atoms with Crippen molar-refractivity contribution in [2.24, 2.45) is 0 Å². The topological polar surface area (TPSA) is 92.5 Å². The molecule has 0 aliphatic heterocycles. The Balaban J connectivity index is 1.88. The van der Waals surface area contributed by atoms with Crippen molar-refractivity contribution in [3.8, 4) is 11.5 Å². The molecule has 3 aromatic rings. The van der Waals surface area contributed by atoms with Gasteiger partial charge in [0.05, 0.1) is 6.20 Å². The van der Waals surface area contributed by atoms with E-state index < -0.39 is 26.6 Å². The third-order valence-corrected chi connectivity index (χ3v) is 6.57. The van der Waals surface area contributed by atoms with E-state index in [0.717, 1.165) is 16.4 Å². The van der Waals surface area contributed by atoms with Crippen LogP contribution in [0.3, 0.4) is 0 Å². The molecule has 0 aliphatic rings. The first kappa shape index (κ1) is 21.7. The van der Waals surface area contributed by atoms with E-state index >= 15 is 0 Å². The van der Waals surface area contributed by atoms with E-state index in [0.29, 0.717) is 22.9 Å². The molecule has 1 amide bonds. The smallest absolute Gasteiger partial charge is 0.255 e. The average Bonchev–Trinajstić information content (AvgIpc) is 3.15. The van der Waals surface area contributed by atoms with Crippen molar-refractivity contribution < 1.29 is 22.0 Å². The summed E-state index contributed by atoms with van der Waals surface area (Å²) in [6, 6.07) is 10.2. The van der Waals surface area contributed by atoms with Crippen LogP contribution in [0.5, 0.6) is 0 Å². The number of nitrogens with one attached hydrogen (secondary N) is 1. The summed E-state index contributed by atoms with van der Waals surface area (Å²) in [4.78, 5) is 16.3. The Bertz CT molecular complexity index is 1170. The van der Waals surface area contributed by atoms with Gasteiger partial charge in [0.1, 0.15) is 16.5 Å². The van der Waals surface area contributed by atoms with Gasteiger partial charge in [0.25, 0.3) is 5.91 Å². The molecule has 2 aromatic carbocycles. The first-order chi connectivity index (χ1) is 14.3. The average molecular weight is 431 g/mol. The Hall–Kier alpha value is -3.04. The van der Waals surface area contributed by atoms with Crippen molar-refractivity contribution in [3.63, 3.8) is 0 Å². The molecular weight excluding hydrogens is 409 g/mol. The number of anilines is 1. The summed E-state index contributed by atoms with van der Waals surface area (Å²) in [5, 5.41) is 2.69. The highest BCUT2D eigenvalue weighted by Gasteiger charge is 2.26. The highest BCUT2D eigenvalue weighted by atomic mass is 32.2. The second-order valence-corrected chi connectivity index (χ2v) is 8.45. The number of halogens is 1. The maximum atomic E-state index is 14.3. The van der Waals surface area contributed by atoms with Gasteiger partial charge in [-0.1, -0.05) is 19.9 Å². The SMILES string of the molecule is CCN(CC)S(=O)(=O)c1cc(C(=O)Nc2cccc(-c3ncc(C)o3)c2)ccc1F. The van der Waals surface area contributed by atoms with Gasteiger partial charge in [-0.3, -0.25) is 4.79 Å². The number of rotatable bonds is 7. The molecule has 1 heterocycles. The zero-order chi connectivity index (χ0) is 21.9. The fraction of sp³-hybridized carbons (Fsp3) is 0.238. The van der Waals surface area contributed by atoms with E-state index in [1.807, 2.05) is 0 Å². The second-order valence-electron chi connectivity index (χ2n) is 6.55. The Morgan fingerprint density at radius 3 is 2.53 bits per heavy atom. The minimum absolute atomic E-state index is 0.0273. The van der Waals surface area contributed by atoms with Crippen LogP contribution >= 0.6 is 0 Å². The normalized spacial score (nSPS) is 11.6. The largest absolute Gasteiger partial charge is 0.441 e. The van der Waals surface area contributed by atoms with Gasteiger partial charge in [-0.15, -0.1) is 0 Å². The van der Waals surface area contributed by atoms with Crippen LogP contribution in [0, 0.1) is 12.7 Å². The monoisotopic (exact) mass is 431 g/mol. The molecule has 0 unspecified atom stereocenters. The third kappa shape index (κ3) is 4.42. The molecule has 158 valence electrons. The molecule has 0 aliphatic carbocycles. The van der Waals surface area contributed by atoms with E-state index in [1.165, 1.54) is 6.07 Å². The lowest BCUT2D eigenvalue weighted by molar-refractivity contribution is 0.102. The number of hydrogen-bond donors (Lipinski definition) is 1. The molecule has 9 heteroatoms. The zero-order valence-electron chi connectivity index (χ0n) is 16.8. The van der Waals surface area contributed by atoms with Gasteiger partial charge in [-0.05, 0) is 43.3 Å². The van der Waals surface area contributed by atoms with Crippen LogP contribution in [0.25, 0.3) is 11.5 Å². The number of amides is 1. The first-order valence-electron chi connectivity index (χ1n) is 9.40. The predicted octanol–water partition coefficient (Wildman–Crippen LogP) is 4.07. The summed E-state index contributed by atoms with van der Waals surface area (Å²) < 4.78 is 46.3. The molecule has 3 rings (SSSR count). The number of nitrogens with zero attached hydrogens (tertiary/aromatic N) is 2. The van der Waals surface area contributed by atoms with Crippen molar-refractivity contribution >= 4 is 21.6 Å². The fourth-order valence-corrected chi connectivity index (χ4v) is 4.51. The van der Waals surface area contributed by atoms with Gasteiger partial charge in [0.2, 0.25) is 15.9 Å². The highest BCUT2D eigenvalue weighted by molar-refractivity contribution is 7.89. The third-order valence-electron chi connectivity index (χ3n) is 4.51.